The second kappa shape index (κ2) is 5.96. The molecule has 1 aromatic heterocycles. The summed E-state index contributed by atoms with van der Waals surface area (Å²) in [5, 5.41) is 2.76. The van der Waals surface area contributed by atoms with Gasteiger partial charge in [0.25, 0.3) is 5.91 Å². The Bertz CT molecular complexity index is 926. The molecule has 0 unspecified atom stereocenters. The van der Waals surface area contributed by atoms with Gasteiger partial charge in [-0.1, -0.05) is 11.3 Å². The largest absolute Gasteiger partial charge is 0.322 e. The lowest BCUT2D eigenvalue weighted by molar-refractivity contribution is 0.102. The molecule has 0 radical (unpaired) electrons. The number of anilines is 1. The fourth-order valence-corrected chi connectivity index (χ4v) is 3.46. The zero-order valence-corrected chi connectivity index (χ0v) is 13.5. The molecular weight excluding hydrogens is 315 g/mol. The van der Waals surface area contributed by atoms with Crippen LogP contribution in [-0.4, -0.2) is 10.5 Å². The minimum absolute atomic E-state index is 0.0167. The van der Waals surface area contributed by atoms with Crippen LogP contribution in [0.1, 0.15) is 30.2 Å². The number of hydrogen-bond donors (Lipinski definition) is 1. The van der Waals surface area contributed by atoms with Crippen molar-refractivity contribution in [3.05, 3.63) is 63.5 Å². The Morgan fingerprint density at radius 1 is 1.17 bits per heavy atom. The van der Waals surface area contributed by atoms with Crippen LogP contribution >= 0.6 is 11.3 Å². The molecule has 0 saturated heterocycles. The first kappa shape index (κ1) is 15.4. The number of nitrogens with zero attached hydrogens (tertiary/aromatic N) is 1. The first-order valence-corrected chi connectivity index (χ1v) is 7.99. The van der Waals surface area contributed by atoms with Crippen molar-refractivity contribution in [2.24, 2.45) is 0 Å². The van der Waals surface area contributed by atoms with E-state index in [2.05, 4.69) is 5.32 Å². The summed E-state index contributed by atoms with van der Waals surface area (Å²) < 4.78 is 15.4. The van der Waals surface area contributed by atoms with Crippen LogP contribution in [0.3, 0.4) is 0 Å². The zero-order chi connectivity index (χ0) is 16.6. The average molecular weight is 330 g/mol. The van der Waals surface area contributed by atoms with Gasteiger partial charge in [0.2, 0.25) is 0 Å². The molecule has 6 heteroatoms. The molecule has 2 aromatic carbocycles. The van der Waals surface area contributed by atoms with Gasteiger partial charge in [-0.3, -0.25) is 14.2 Å². The van der Waals surface area contributed by atoms with Gasteiger partial charge < -0.3 is 5.32 Å². The van der Waals surface area contributed by atoms with Gasteiger partial charge in [0.05, 0.1) is 10.2 Å². The summed E-state index contributed by atoms with van der Waals surface area (Å²) in [7, 11) is 0. The highest BCUT2D eigenvalue weighted by Crippen LogP contribution is 2.24. The molecule has 0 aliphatic carbocycles. The summed E-state index contributed by atoms with van der Waals surface area (Å²) >= 11 is 1.15. The number of aromatic nitrogens is 1. The molecule has 0 aliphatic heterocycles. The molecule has 3 aromatic rings. The van der Waals surface area contributed by atoms with E-state index in [1.807, 2.05) is 19.9 Å². The fourth-order valence-electron chi connectivity index (χ4n) is 2.41. The van der Waals surface area contributed by atoms with E-state index >= 15 is 0 Å². The summed E-state index contributed by atoms with van der Waals surface area (Å²) in [6.07, 6.45) is 0. The van der Waals surface area contributed by atoms with Gasteiger partial charge in [-0.05, 0) is 56.3 Å². The van der Waals surface area contributed by atoms with Crippen LogP contribution in [0, 0.1) is 5.82 Å². The van der Waals surface area contributed by atoms with Crippen molar-refractivity contribution in [1.29, 1.82) is 0 Å². The molecule has 1 N–H and O–H groups in total. The van der Waals surface area contributed by atoms with E-state index < -0.39 is 0 Å². The fraction of sp³-hybridized carbons (Fsp3) is 0.176. The van der Waals surface area contributed by atoms with Gasteiger partial charge in [0.15, 0.2) is 0 Å². The highest BCUT2D eigenvalue weighted by molar-refractivity contribution is 7.16. The molecule has 0 bridgehead atoms. The number of halogens is 1. The van der Waals surface area contributed by atoms with Crippen LogP contribution in [0.4, 0.5) is 10.1 Å². The first-order valence-electron chi connectivity index (χ1n) is 7.17. The van der Waals surface area contributed by atoms with Crippen molar-refractivity contribution < 1.29 is 9.18 Å². The molecule has 0 aliphatic rings. The molecule has 0 saturated carbocycles. The molecular formula is C17H15FN2O2S. The number of carbonyl (C=O) groups excluding carboxylic acids is 1. The predicted octanol–water partition coefficient (Wildman–Crippen LogP) is 4.04. The second-order valence-electron chi connectivity index (χ2n) is 5.48. The van der Waals surface area contributed by atoms with Crippen LogP contribution in [0.15, 0.2) is 47.3 Å². The summed E-state index contributed by atoms with van der Waals surface area (Å²) in [5.41, 5.74) is 1.83. The molecule has 3 rings (SSSR count). The maximum atomic E-state index is 12.9. The highest BCUT2D eigenvalue weighted by Gasteiger charge is 2.12. The lowest BCUT2D eigenvalue weighted by atomic mass is 10.2. The maximum Gasteiger partial charge on any atom is 0.308 e. The normalized spacial score (nSPS) is 11.1. The number of thiazole rings is 1. The molecule has 0 spiro atoms. The Labute approximate surface area is 136 Å². The Hall–Kier alpha value is -2.47. The zero-order valence-electron chi connectivity index (χ0n) is 12.7. The minimum Gasteiger partial charge on any atom is -0.322 e. The van der Waals surface area contributed by atoms with E-state index in [1.165, 1.54) is 24.3 Å². The van der Waals surface area contributed by atoms with Crippen LogP contribution in [0.5, 0.6) is 0 Å². The van der Waals surface area contributed by atoms with Gasteiger partial charge in [0.1, 0.15) is 5.82 Å². The monoisotopic (exact) mass is 330 g/mol. The molecule has 0 atom stereocenters. The number of hydrogen-bond acceptors (Lipinski definition) is 3. The molecule has 0 fully saturated rings. The van der Waals surface area contributed by atoms with E-state index in [4.69, 9.17) is 0 Å². The lowest BCUT2D eigenvalue weighted by Crippen LogP contribution is -2.14. The number of benzene rings is 2. The smallest absolute Gasteiger partial charge is 0.308 e. The van der Waals surface area contributed by atoms with Gasteiger partial charge in [-0.2, -0.15) is 0 Å². The maximum absolute atomic E-state index is 12.9. The molecule has 1 heterocycles. The second-order valence-corrected chi connectivity index (χ2v) is 6.47. The predicted molar refractivity (Wildman–Crippen MR) is 90.8 cm³/mol. The molecule has 118 valence electrons. The Morgan fingerprint density at radius 3 is 2.52 bits per heavy atom. The van der Waals surface area contributed by atoms with E-state index in [1.54, 1.807) is 16.7 Å². The van der Waals surface area contributed by atoms with Gasteiger partial charge in [0, 0.05) is 17.3 Å². The third kappa shape index (κ3) is 3.03. The van der Waals surface area contributed by atoms with Crippen LogP contribution < -0.4 is 10.2 Å². The third-order valence-electron chi connectivity index (χ3n) is 3.49. The Kier molecular flexibility index (Phi) is 4.00. The van der Waals surface area contributed by atoms with Crippen molar-refractivity contribution >= 4 is 33.1 Å². The van der Waals surface area contributed by atoms with Crippen LogP contribution in [-0.2, 0) is 0 Å². The van der Waals surface area contributed by atoms with E-state index in [9.17, 15) is 14.0 Å². The SMILES string of the molecule is CC(C)n1c(=O)sc2cc(NC(=O)c3ccc(F)cc3)ccc21. The van der Waals surface area contributed by atoms with Crippen LogP contribution in [0.2, 0.25) is 0 Å². The van der Waals surface area contributed by atoms with E-state index in [-0.39, 0.29) is 22.6 Å². The average Bonchev–Trinajstić information content (AvgIpc) is 2.83. The summed E-state index contributed by atoms with van der Waals surface area (Å²) in [4.78, 5) is 24.2. The topological polar surface area (TPSA) is 51.1 Å². The molecule has 4 nitrogen and oxygen atoms in total. The van der Waals surface area contributed by atoms with Gasteiger partial charge in [-0.15, -0.1) is 0 Å². The van der Waals surface area contributed by atoms with E-state index in [0.717, 1.165) is 21.6 Å². The van der Waals surface area contributed by atoms with E-state index in [0.29, 0.717) is 11.3 Å². The van der Waals surface area contributed by atoms with Crippen molar-refractivity contribution in [3.63, 3.8) is 0 Å². The van der Waals surface area contributed by atoms with Crippen molar-refractivity contribution in [3.8, 4) is 0 Å². The standard InChI is InChI=1S/C17H15FN2O2S/c1-10(2)20-14-8-7-13(9-15(14)23-17(20)22)19-16(21)11-3-5-12(18)6-4-11/h3-10H,1-2H3,(H,19,21). The number of amides is 1. The van der Waals surface area contributed by atoms with Gasteiger partial charge >= 0.3 is 4.87 Å². The number of fused-ring (bicyclic) bond motifs is 1. The summed E-state index contributed by atoms with van der Waals surface area (Å²) in [6.45, 7) is 3.91. The van der Waals surface area contributed by atoms with Crippen molar-refractivity contribution in [1.82, 2.24) is 4.57 Å². The first-order chi connectivity index (χ1) is 11.0. The van der Waals surface area contributed by atoms with Crippen LogP contribution in [0.25, 0.3) is 10.2 Å². The third-order valence-corrected chi connectivity index (χ3v) is 4.41. The number of carbonyl (C=O) groups is 1. The number of nitrogens with one attached hydrogen (secondary N) is 1. The van der Waals surface area contributed by atoms with Crippen molar-refractivity contribution in [2.45, 2.75) is 19.9 Å². The van der Waals surface area contributed by atoms with Crippen molar-refractivity contribution in [2.75, 3.05) is 5.32 Å². The van der Waals surface area contributed by atoms with Gasteiger partial charge in [-0.25, -0.2) is 4.39 Å². The summed E-state index contributed by atoms with van der Waals surface area (Å²) in [5.74, 6) is -0.706. The molecule has 23 heavy (non-hydrogen) atoms. The Morgan fingerprint density at radius 2 is 1.87 bits per heavy atom. The molecule has 1 amide bonds. The lowest BCUT2D eigenvalue weighted by Gasteiger charge is -2.08. The summed E-state index contributed by atoms with van der Waals surface area (Å²) in [6, 6.07) is 10.8. The highest BCUT2D eigenvalue weighted by atomic mass is 32.1. The number of rotatable bonds is 3. The Balaban J connectivity index is 1.91. The minimum atomic E-state index is -0.386. The quantitative estimate of drug-likeness (QED) is 0.788.